The van der Waals surface area contributed by atoms with Crippen molar-refractivity contribution < 1.29 is 5.11 Å². The topological polar surface area (TPSA) is 23.5 Å². The van der Waals surface area contributed by atoms with Crippen LogP contribution in [-0.4, -0.2) is 28.6 Å². The first-order chi connectivity index (χ1) is 8.54. The van der Waals surface area contributed by atoms with Crippen molar-refractivity contribution in [3.8, 4) is 5.75 Å². The van der Waals surface area contributed by atoms with E-state index in [9.17, 15) is 5.11 Å². The lowest BCUT2D eigenvalue weighted by atomic mass is 10.0. The zero-order valence-corrected chi connectivity index (χ0v) is 12.2. The minimum absolute atomic E-state index is 0.349. The number of nitrogens with zero attached hydrogens (tertiary/aromatic N) is 1. The highest BCUT2D eigenvalue weighted by Gasteiger charge is 2.15. The third-order valence-electron chi connectivity index (χ3n) is 3.50. The van der Waals surface area contributed by atoms with Crippen molar-refractivity contribution in [2.45, 2.75) is 59.0 Å². The fourth-order valence-electron chi connectivity index (χ4n) is 2.45. The first-order valence-electron chi connectivity index (χ1n) is 7.08. The van der Waals surface area contributed by atoms with Gasteiger partial charge in [0.15, 0.2) is 0 Å². The molecule has 2 heteroatoms. The number of aromatic hydroxyl groups is 1. The maximum absolute atomic E-state index is 9.26. The van der Waals surface area contributed by atoms with E-state index in [-0.39, 0.29) is 0 Å². The lowest BCUT2D eigenvalue weighted by Gasteiger charge is -2.32. The van der Waals surface area contributed by atoms with Gasteiger partial charge in [0, 0.05) is 12.1 Å². The molecule has 102 valence electrons. The van der Waals surface area contributed by atoms with Crippen LogP contribution >= 0.6 is 0 Å². The van der Waals surface area contributed by atoms with Crippen LogP contribution < -0.4 is 0 Å². The molecule has 0 aliphatic rings. The summed E-state index contributed by atoms with van der Waals surface area (Å²) in [6.07, 6.45) is 3.46. The third-order valence-corrected chi connectivity index (χ3v) is 3.50. The summed E-state index contributed by atoms with van der Waals surface area (Å²) in [6, 6.07) is 8.79. The van der Waals surface area contributed by atoms with Crippen LogP contribution in [0.4, 0.5) is 0 Å². The van der Waals surface area contributed by atoms with Crippen molar-refractivity contribution in [3.05, 3.63) is 29.8 Å². The second-order valence-electron chi connectivity index (χ2n) is 5.39. The average Bonchev–Trinajstić information content (AvgIpc) is 2.34. The Bertz CT molecular complexity index is 331. The maximum atomic E-state index is 9.26. The second kappa shape index (κ2) is 7.42. The number of benzene rings is 1. The molecule has 1 aromatic carbocycles. The Kier molecular flexibility index (Phi) is 6.20. The van der Waals surface area contributed by atoms with E-state index < -0.39 is 0 Å². The fourth-order valence-corrected chi connectivity index (χ4v) is 2.45. The number of aryl methyl sites for hydroxylation is 1. The third kappa shape index (κ3) is 4.69. The zero-order valence-electron chi connectivity index (χ0n) is 12.2. The molecule has 1 aromatic rings. The molecular formula is C16H27NO. The summed E-state index contributed by atoms with van der Waals surface area (Å²) in [5, 5.41) is 9.26. The van der Waals surface area contributed by atoms with Gasteiger partial charge in [0.1, 0.15) is 5.75 Å². The molecule has 0 aromatic heterocycles. The second-order valence-corrected chi connectivity index (χ2v) is 5.39. The normalized spacial score (nSPS) is 13.2. The molecule has 0 saturated carbocycles. The predicted octanol–water partition coefficient (Wildman–Crippen LogP) is 3.83. The molecule has 0 spiro atoms. The fraction of sp³-hybridized carbons (Fsp3) is 0.625. The maximum Gasteiger partial charge on any atom is 0.115 e. The SMILES string of the molecule is CCCN(C(C)C)C(C)CCc1ccc(O)cc1. The quantitative estimate of drug-likeness (QED) is 0.793. The lowest BCUT2D eigenvalue weighted by Crippen LogP contribution is -2.39. The van der Waals surface area contributed by atoms with Crippen LogP contribution in [-0.2, 0) is 6.42 Å². The van der Waals surface area contributed by atoms with Crippen LogP contribution in [0.15, 0.2) is 24.3 Å². The highest BCUT2D eigenvalue weighted by molar-refractivity contribution is 5.25. The van der Waals surface area contributed by atoms with Crippen LogP contribution in [0.25, 0.3) is 0 Å². The molecular weight excluding hydrogens is 222 g/mol. The average molecular weight is 249 g/mol. The summed E-state index contributed by atoms with van der Waals surface area (Å²) in [7, 11) is 0. The Balaban J connectivity index is 2.48. The molecule has 0 radical (unpaired) electrons. The number of phenolic OH excluding ortho intramolecular Hbond substituents is 1. The molecule has 0 saturated heterocycles. The Morgan fingerprint density at radius 1 is 1.11 bits per heavy atom. The minimum Gasteiger partial charge on any atom is -0.508 e. The zero-order chi connectivity index (χ0) is 13.5. The largest absolute Gasteiger partial charge is 0.508 e. The van der Waals surface area contributed by atoms with Crippen molar-refractivity contribution in [2.24, 2.45) is 0 Å². The van der Waals surface area contributed by atoms with Gasteiger partial charge in [0.05, 0.1) is 0 Å². The molecule has 0 fully saturated rings. The summed E-state index contributed by atoms with van der Waals surface area (Å²) < 4.78 is 0. The minimum atomic E-state index is 0.349. The van der Waals surface area contributed by atoms with Crippen molar-refractivity contribution in [2.75, 3.05) is 6.54 Å². The monoisotopic (exact) mass is 249 g/mol. The highest BCUT2D eigenvalue weighted by atomic mass is 16.3. The summed E-state index contributed by atoms with van der Waals surface area (Å²) in [4.78, 5) is 2.57. The van der Waals surface area contributed by atoms with Gasteiger partial charge in [-0.05, 0) is 64.3 Å². The molecule has 1 N–H and O–H groups in total. The number of hydrogen-bond donors (Lipinski definition) is 1. The van der Waals surface area contributed by atoms with E-state index in [1.165, 1.54) is 24.9 Å². The van der Waals surface area contributed by atoms with Gasteiger partial charge in [-0.25, -0.2) is 0 Å². The predicted molar refractivity (Wildman–Crippen MR) is 78.0 cm³/mol. The molecule has 2 nitrogen and oxygen atoms in total. The standard InChI is InChI=1S/C16H27NO/c1-5-12-17(13(2)3)14(4)6-7-15-8-10-16(18)11-9-15/h8-11,13-14,18H,5-7,12H2,1-4H3. The van der Waals surface area contributed by atoms with E-state index in [2.05, 4.69) is 32.6 Å². The molecule has 0 aliphatic carbocycles. The van der Waals surface area contributed by atoms with E-state index in [1.807, 2.05) is 12.1 Å². The van der Waals surface area contributed by atoms with Crippen molar-refractivity contribution in [3.63, 3.8) is 0 Å². The van der Waals surface area contributed by atoms with Gasteiger partial charge < -0.3 is 5.11 Å². The summed E-state index contributed by atoms with van der Waals surface area (Å²) in [5.74, 6) is 0.349. The molecule has 1 unspecified atom stereocenters. The number of hydrogen-bond acceptors (Lipinski definition) is 2. The van der Waals surface area contributed by atoms with Gasteiger partial charge >= 0.3 is 0 Å². The smallest absolute Gasteiger partial charge is 0.115 e. The van der Waals surface area contributed by atoms with Crippen molar-refractivity contribution in [1.82, 2.24) is 4.90 Å². The molecule has 0 bridgehead atoms. The van der Waals surface area contributed by atoms with Gasteiger partial charge in [-0.15, -0.1) is 0 Å². The van der Waals surface area contributed by atoms with E-state index in [1.54, 1.807) is 12.1 Å². The molecule has 1 atom stereocenters. The van der Waals surface area contributed by atoms with Crippen LogP contribution in [0.2, 0.25) is 0 Å². The van der Waals surface area contributed by atoms with Crippen molar-refractivity contribution in [1.29, 1.82) is 0 Å². The van der Waals surface area contributed by atoms with Crippen LogP contribution in [0.5, 0.6) is 5.75 Å². The lowest BCUT2D eigenvalue weighted by molar-refractivity contribution is 0.157. The molecule has 0 aliphatic heterocycles. The molecule has 1 rings (SSSR count). The summed E-state index contributed by atoms with van der Waals surface area (Å²) in [6.45, 7) is 10.3. The van der Waals surface area contributed by atoms with Gasteiger partial charge in [0.25, 0.3) is 0 Å². The van der Waals surface area contributed by atoms with Crippen LogP contribution in [0, 0.1) is 0 Å². The Morgan fingerprint density at radius 2 is 1.72 bits per heavy atom. The Hall–Kier alpha value is -1.02. The Morgan fingerprint density at radius 3 is 2.22 bits per heavy atom. The Labute approximate surface area is 112 Å². The van der Waals surface area contributed by atoms with Gasteiger partial charge in [-0.3, -0.25) is 4.90 Å². The van der Waals surface area contributed by atoms with E-state index in [0.717, 1.165) is 6.42 Å². The van der Waals surface area contributed by atoms with Crippen molar-refractivity contribution >= 4 is 0 Å². The van der Waals surface area contributed by atoms with Gasteiger partial charge in [-0.1, -0.05) is 19.1 Å². The summed E-state index contributed by atoms with van der Waals surface area (Å²) in [5.41, 5.74) is 1.31. The number of rotatable bonds is 7. The molecule has 0 amide bonds. The van der Waals surface area contributed by atoms with E-state index in [0.29, 0.717) is 17.8 Å². The first kappa shape index (κ1) is 15.0. The highest BCUT2D eigenvalue weighted by Crippen LogP contribution is 2.15. The van der Waals surface area contributed by atoms with Crippen LogP contribution in [0.1, 0.15) is 46.1 Å². The first-order valence-corrected chi connectivity index (χ1v) is 7.08. The molecule has 0 heterocycles. The van der Waals surface area contributed by atoms with E-state index in [4.69, 9.17) is 0 Å². The van der Waals surface area contributed by atoms with Crippen LogP contribution in [0.3, 0.4) is 0 Å². The van der Waals surface area contributed by atoms with Gasteiger partial charge in [0.2, 0.25) is 0 Å². The summed E-state index contributed by atoms with van der Waals surface area (Å²) >= 11 is 0. The number of phenols is 1. The molecule has 18 heavy (non-hydrogen) atoms. The van der Waals surface area contributed by atoms with Gasteiger partial charge in [-0.2, -0.15) is 0 Å². The van der Waals surface area contributed by atoms with E-state index >= 15 is 0 Å².